The molecule has 0 saturated heterocycles. The zero-order valence-corrected chi connectivity index (χ0v) is 29.9. The summed E-state index contributed by atoms with van der Waals surface area (Å²) in [5.41, 5.74) is 5.15. The minimum atomic E-state index is -0.966. The molecular formula is C43H48FN3O5. The second kappa shape index (κ2) is 18.3. The second-order valence-electron chi connectivity index (χ2n) is 14.1. The highest BCUT2D eigenvalue weighted by Gasteiger charge is 2.31. The number of hydrogen-bond donors (Lipinski definition) is 3. The van der Waals surface area contributed by atoms with Crippen LogP contribution in [0.3, 0.4) is 0 Å². The molecule has 8 nitrogen and oxygen atoms in total. The number of amides is 3. The fraction of sp³-hybridized carbons (Fsp3) is 0.349. The Bertz CT molecular complexity index is 1810. The van der Waals surface area contributed by atoms with Crippen LogP contribution in [0.2, 0.25) is 0 Å². The summed E-state index contributed by atoms with van der Waals surface area (Å²) in [6, 6.07) is 30.0. The van der Waals surface area contributed by atoms with Gasteiger partial charge in [0.15, 0.2) is 0 Å². The molecule has 272 valence electrons. The summed E-state index contributed by atoms with van der Waals surface area (Å²) >= 11 is 0. The van der Waals surface area contributed by atoms with Crippen molar-refractivity contribution in [1.82, 2.24) is 10.2 Å². The van der Waals surface area contributed by atoms with Crippen molar-refractivity contribution in [3.8, 4) is 11.1 Å². The van der Waals surface area contributed by atoms with Crippen LogP contribution in [-0.4, -0.2) is 46.3 Å². The lowest BCUT2D eigenvalue weighted by atomic mass is 9.86. The molecule has 0 aliphatic carbocycles. The van der Waals surface area contributed by atoms with Crippen molar-refractivity contribution in [3.05, 3.63) is 126 Å². The molecule has 0 spiro atoms. The Kier molecular flexibility index (Phi) is 13.3. The van der Waals surface area contributed by atoms with Gasteiger partial charge in [-0.25, -0.2) is 4.39 Å². The predicted octanol–water partition coefficient (Wildman–Crippen LogP) is 8.13. The Labute approximate surface area is 305 Å². The van der Waals surface area contributed by atoms with E-state index < -0.39 is 23.8 Å². The number of unbranched alkanes of at least 4 members (excludes halogenated alkanes) is 1. The van der Waals surface area contributed by atoms with Crippen molar-refractivity contribution in [2.45, 2.75) is 71.4 Å². The van der Waals surface area contributed by atoms with Gasteiger partial charge in [0.1, 0.15) is 11.9 Å². The highest BCUT2D eigenvalue weighted by Crippen LogP contribution is 2.27. The quantitative estimate of drug-likeness (QED) is 0.0905. The van der Waals surface area contributed by atoms with E-state index in [2.05, 4.69) is 10.6 Å². The van der Waals surface area contributed by atoms with Crippen LogP contribution in [0.25, 0.3) is 11.1 Å². The van der Waals surface area contributed by atoms with Gasteiger partial charge in [-0.3, -0.25) is 19.2 Å². The van der Waals surface area contributed by atoms with Gasteiger partial charge in [0.25, 0.3) is 5.91 Å². The van der Waals surface area contributed by atoms with Gasteiger partial charge in [-0.05, 0) is 97.0 Å². The highest BCUT2D eigenvalue weighted by molar-refractivity contribution is 5.98. The van der Waals surface area contributed by atoms with Gasteiger partial charge < -0.3 is 20.6 Å². The van der Waals surface area contributed by atoms with Crippen LogP contribution < -0.4 is 10.6 Å². The van der Waals surface area contributed by atoms with E-state index in [0.717, 1.165) is 27.8 Å². The molecule has 1 aliphatic heterocycles. The molecule has 52 heavy (non-hydrogen) atoms. The molecule has 4 aromatic rings. The molecule has 0 radical (unpaired) electrons. The van der Waals surface area contributed by atoms with E-state index in [1.54, 1.807) is 29.2 Å². The normalized spacial score (nSPS) is 14.1. The van der Waals surface area contributed by atoms with Crippen LogP contribution in [0.5, 0.6) is 0 Å². The number of benzene rings is 4. The number of rotatable bonds is 18. The number of carbonyl (C=O) groups is 4. The number of halogens is 1. The Morgan fingerprint density at radius 3 is 2.08 bits per heavy atom. The molecule has 3 amide bonds. The fourth-order valence-electron chi connectivity index (χ4n) is 6.82. The van der Waals surface area contributed by atoms with Crippen molar-refractivity contribution < 1.29 is 28.7 Å². The average molecular weight is 706 g/mol. The molecule has 0 fully saturated rings. The van der Waals surface area contributed by atoms with Crippen LogP contribution in [0.1, 0.15) is 73.9 Å². The summed E-state index contributed by atoms with van der Waals surface area (Å²) in [4.78, 5) is 54.6. The number of para-hydroxylation sites is 1. The monoisotopic (exact) mass is 705 g/mol. The average Bonchev–Trinajstić information content (AvgIpc) is 3.46. The number of carbonyl (C=O) groups excluding carboxylic acids is 3. The first-order valence-corrected chi connectivity index (χ1v) is 18.2. The van der Waals surface area contributed by atoms with Crippen molar-refractivity contribution in [2.75, 3.05) is 11.9 Å². The number of anilines is 1. The zero-order valence-electron chi connectivity index (χ0n) is 29.9. The molecule has 1 heterocycles. The van der Waals surface area contributed by atoms with E-state index >= 15 is 0 Å². The lowest BCUT2D eigenvalue weighted by Crippen LogP contribution is -2.47. The third kappa shape index (κ3) is 10.6. The van der Waals surface area contributed by atoms with E-state index in [0.29, 0.717) is 57.3 Å². The minimum Gasteiger partial charge on any atom is -0.481 e. The maximum Gasteiger partial charge on any atom is 0.306 e. The Morgan fingerprint density at radius 1 is 0.769 bits per heavy atom. The summed E-state index contributed by atoms with van der Waals surface area (Å²) in [5.74, 6) is -3.25. The summed E-state index contributed by atoms with van der Waals surface area (Å²) in [6.45, 7) is 5.05. The first kappa shape index (κ1) is 37.9. The van der Waals surface area contributed by atoms with Gasteiger partial charge in [0.05, 0.1) is 5.92 Å². The van der Waals surface area contributed by atoms with E-state index in [4.69, 9.17) is 0 Å². The third-order valence-electron chi connectivity index (χ3n) is 9.71. The van der Waals surface area contributed by atoms with Gasteiger partial charge in [-0.1, -0.05) is 93.1 Å². The lowest BCUT2D eigenvalue weighted by Gasteiger charge is -2.25. The Balaban J connectivity index is 1.26. The van der Waals surface area contributed by atoms with E-state index in [-0.39, 0.29) is 35.9 Å². The number of nitrogens with one attached hydrogen (secondary N) is 2. The molecule has 4 aromatic carbocycles. The molecular weight excluding hydrogens is 657 g/mol. The smallest absolute Gasteiger partial charge is 0.306 e. The number of carboxylic acid groups (broad SMARTS) is 1. The molecule has 9 heteroatoms. The third-order valence-corrected chi connectivity index (χ3v) is 9.71. The first-order chi connectivity index (χ1) is 25.1. The largest absolute Gasteiger partial charge is 0.481 e. The number of hydrogen-bond acceptors (Lipinski definition) is 4. The molecule has 1 aliphatic rings. The molecule has 5 rings (SSSR count). The standard InChI is InChI=1S/C43H48FN3O5/c1-29(2)26-39(41(49)45-37-12-4-3-5-13-37)46-40(48)33(20-17-30-15-18-31(19-16-30)32-21-23-36(44)24-22-32)27-34(43(51)52)10-8-9-25-47-28-35-11-6-7-14-38(35)42(47)50/h3-7,11-16,18-19,21-24,29,33-34,39H,8-10,17,20,25-28H2,1-2H3,(H,45,49)(H,46,48)(H,51,52)/t33-,34-,39-/m0/s1. The van der Waals surface area contributed by atoms with E-state index in [9.17, 15) is 28.7 Å². The van der Waals surface area contributed by atoms with Crippen molar-refractivity contribution in [3.63, 3.8) is 0 Å². The number of aryl methyl sites for hydroxylation is 1. The Morgan fingerprint density at radius 2 is 1.42 bits per heavy atom. The van der Waals surface area contributed by atoms with E-state index in [1.807, 2.05) is 80.6 Å². The summed E-state index contributed by atoms with van der Waals surface area (Å²) < 4.78 is 13.4. The molecule has 0 unspecified atom stereocenters. The zero-order chi connectivity index (χ0) is 37.0. The van der Waals surface area contributed by atoms with Crippen LogP contribution in [0.15, 0.2) is 103 Å². The number of nitrogens with zero attached hydrogens (tertiary/aromatic N) is 1. The van der Waals surface area contributed by atoms with Crippen LogP contribution >= 0.6 is 0 Å². The topological polar surface area (TPSA) is 116 Å². The molecule has 3 atom stereocenters. The van der Waals surface area contributed by atoms with Crippen molar-refractivity contribution >= 4 is 29.4 Å². The minimum absolute atomic E-state index is 0.0000659. The number of fused-ring (bicyclic) bond motifs is 1. The van der Waals surface area contributed by atoms with Gasteiger partial charge in [0, 0.05) is 30.3 Å². The molecule has 0 aromatic heterocycles. The van der Waals surface area contributed by atoms with Crippen LogP contribution in [0, 0.1) is 23.6 Å². The van der Waals surface area contributed by atoms with Crippen molar-refractivity contribution in [2.24, 2.45) is 17.8 Å². The summed E-state index contributed by atoms with van der Waals surface area (Å²) in [7, 11) is 0. The van der Waals surface area contributed by atoms with Gasteiger partial charge >= 0.3 is 5.97 Å². The maximum atomic E-state index is 14.0. The highest BCUT2D eigenvalue weighted by atomic mass is 19.1. The SMILES string of the molecule is CC(C)C[C@H](NC(=O)[C@@H](CCc1ccc(-c2ccc(F)cc2)cc1)C[C@H](CCCCN1Cc2ccccc2C1=O)C(=O)O)C(=O)Nc1ccccc1. The van der Waals surface area contributed by atoms with E-state index in [1.165, 1.54) is 12.1 Å². The molecule has 0 bridgehead atoms. The fourth-order valence-corrected chi connectivity index (χ4v) is 6.82. The Hall–Kier alpha value is -5.31. The predicted molar refractivity (Wildman–Crippen MR) is 201 cm³/mol. The van der Waals surface area contributed by atoms with Gasteiger partial charge in [0.2, 0.25) is 11.8 Å². The molecule has 0 saturated carbocycles. The number of aliphatic carboxylic acids is 1. The maximum absolute atomic E-state index is 14.0. The summed E-state index contributed by atoms with van der Waals surface area (Å²) in [5, 5.41) is 16.2. The van der Waals surface area contributed by atoms with Crippen LogP contribution in [-0.2, 0) is 27.3 Å². The second-order valence-corrected chi connectivity index (χ2v) is 14.1. The molecule has 3 N–H and O–H groups in total. The summed E-state index contributed by atoms with van der Waals surface area (Å²) in [6.07, 6.45) is 3.06. The van der Waals surface area contributed by atoms with Gasteiger partial charge in [-0.2, -0.15) is 0 Å². The van der Waals surface area contributed by atoms with Gasteiger partial charge in [-0.15, -0.1) is 0 Å². The first-order valence-electron chi connectivity index (χ1n) is 18.2. The lowest BCUT2D eigenvalue weighted by molar-refractivity contribution is -0.143. The van der Waals surface area contributed by atoms with Crippen molar-refractivity contribution in [1.29, 1.82) is 0 Å². The number of carboxylic acids is 1. The van der Waals surface area contributed by atoms with Crippen LogP contribution in [0.4, 0.5) is 10.1 Å².